The first-order valence-corrected chi connectivity index (χ1v) is 4.71. The molecule has 0 radical (unpaired) electrons. The summed E-state index contributed by atoms with van der Waals surface area (Å²) < 4.78 is 1.04. The van der Waals surface area contributed by atoms with Crippen LogP contribution in [0.25, 0.3) is 0 Å². The van der Waals surface area contributed by atoms with Crippen molar-refractivity contribution in [2.24, 2.45) is 0 Å². The smallest absolute Gasteiger partial charge is 0.0826 e. The van der Waals surface area contributed by atoms with Gasteiger partial charge in [-0.1, -0.05) is 20.8 Å². The third-order valence-electron chi connectivity index (χ3n) is 1.58. The SMILES string of the molecule is Cc1cc(Br)c(C(C)(C)C)nn1. The maximum absolute atomic E-state index is 4.15. The Hall–Kier alpha value is -0.440. The number of rotatable bonds is 0. The lowest BCUT2D eigenvalue weighted by atomic mass is 9.92. The van der Waals surface area contributed by atoms with E-state index in [1.807, 2.05) is 13.0 Å². The van der Waals surface area contributed by atoms with E-state index in [0.717, 1.165) is 15.9 Å². The molecule has 0 aliphatic heterocycles. The molecule has 66 valence electrons. The molecular weight excluding hydrogens is 216 g/mol. The Labute approximate surface area is 81.5 Å². The zero-order valence-corrected chi connectivity index (χ0v) is 9.44. The molecule has 0 spiro atoms. The van der Waals surface area contributed by atoms with Gasteiger partial charge in [-0.05, 0) is 28.9 Å². The molecule has 0 amide bonds. The maximum atomic E-state index is 4.15. The van der Waals surface area contributed by atoms with Crippen LogP contribution in [0.15, 0.2) is 10.5 Å². The number of hydrogen-bond acceptors (Lipinski definition) is 2. The summed E-state index contributed by atoms with van der Waals surface area (Å²) in [6.07, 6.45) is 0. The summed E-state index contributed by atoms with van der Waals surface area (Å²) in [6.45, 7) is 8.30. The van der Waals surface area contributed by atoms with Gasteiger partial charge in [-0.2, -0.15) is 10.2 Å². The Morgan fingerprint density at radius 2 is 1.83 bits per heavy atom. The van der Waals surface area contributed by atoms with Gasteiger partial charge >= 0.3 is 0 Å². The van der Waals surface area contributed by atoms with E-state index in [-0.39, 0.29) is 5.41 Å². The zero-order valence-electron chi connectivity index (χ0n) is 7.85. The van der Waals surface area contributed by atoms with Crippen LogP contribution in [0, 0.1) is 6.92 Å². The van der Waals surface area contributed by atoms with Gasteiger partial charge in [-0.25, -0.2) is 0 Å². The topological polar surface area (TPSA) is 25.8 Å². The van der Waals surface area contributed by atoms with Crippen LogP contribution in [0.1, 0.15) is 32.2 Å². The second-order valence-electron chi connectivity index (χ2n) is 3.93. The van der Waals surface area contributed by atoms with Gasteiger partial charge in [0.25, 0.3) is 0 Å². The second kappa shape index (κ2) is 3.13. The third kappa shape index (κ3) is 2.03. The predicted molar refractivity (Wildman–Crippen MR) is 53.2 cm³/mol. The first kappa shape index (κ1) is 9.65. The molecule has 0 fully saturated rings. The standard InChI is InChI=1S/C9H13BrN2/c1-6-5-7(10)8(12-11-6)9(2,3)4/h5H,1-4H3. The second-order valence-corrected chi connectivity index (χ2v) is 4.79. The van der Waals surface area contributed by atoms with Gasteiger partial charge in [0.2, 0.25) is 0 Å². The molecular formula is C9H13BrN2. The molecule has 0 saturated heterocycles. The van der Waals surface area contributed by atoms with Crippen LogP contribution >= 0.6 is 15.9 Å². The van der Waals surface area contributed by atoms with Gasteiger partial charge < -0.3 is 0 Å². The summed E-state index contributed by atoms with van der Waals surface area (Å²) in [5, 5.41) is 8.18. The molecule has 12 heavy (non-hydrogen) atoms. The van der Waals surface area contributed by atoms with Crippen LogP contribution in [-0.2, 0) is 5.41 Å². The van der Waals surface area contributed by atoms with Crippen molar-refractivity contribution in [1.82, 2.24) is 10.2 Å². The summed E-state index contributed by atoms with van der Waals surface area (Å²) in [4.78, 5) is 0. The highest BCUT2D eigenvalue weighted by atomic mass is 79.9. The van der Waals surface area contributed by atoms with Crippen molar-refractivity contribution in [2.45, 2.75) is 33.1 Å². The van der Waals surface area contributed by atoms with Crippen LogP contribution in [0.5, 0.6) is 0 Å². The highest BCUT2D eigenvalue weighted by Crippen LogP contribution is 2.26. The van der Waals surface area contributed by atoms with E-state index < -0.39 is 0 Å². The van der Waals surface area contributed by atoms with E-state index in [1.54, 1.807) is 0 Å². The Morgan fingerprint density at radius 3 is 2.25 bits per heavy atom. The highest BCUT2D eigenvalue weighted by molar-refractivity contribution is 9.10. The number of halogens is 1. The van der Waals surface area contributed by atoms with E-state index in [2.05, 4.69) is 46.9 Å². The number of aromatic nitrogens is 2. The van der Waals surface area contributed by atoms with Crippen molar-refractivity contribution in [3.05, 3.63) is 21.9 Å². The Morgan fingerprint density at radius 1 is 1.25 bits per heavy atom. The summed E-state index contributed by atoms with van der Waals surface area (Å²) in [5.74, 6) is 0. The van der Waals surface area contributed by atoms with Crippen molar-refractivity contribution >= 4 is 15.9 Å². The van der Waals surface area contributed by atoms with Gasteiger partial charge in [0.05, 0.1) is 11.4 Å². The normalized spacial score (nSPS) is 11.8. The molecule has 0 aromatic carbocycles. The molecule has 1 rings (SSSR count). The van der Waals surface area contributed by atoms with Crippen molar-refractivity contribution in [2.75, 3.05) is 0 Å². The van der Waals surface area contributed by atoms with Crippen LogP contribution in [0.2, 0.25) is 0 Å². The fourth-order valence-electron chi connectivity index (χ4n) is 0.965. The molecule has 0 saturated carbocycles. The molecule has 0 unspecified atom stereocenters. The summed E-state index contributed by atoms with van der Waals surface area (Å²) in [6, 6.07) is 1.99. The van der Waals surface area contributed by atoms with Crippen molar-refractivity contribution in [1.29, 1.82) is 0 Å². The molecule has 0 aliphatic rings. The van der Waals surface area contributed by atoms with Gasteiger partial charge in [-0.15, -0.1) is 0 Å². The molecule has 0 bridgehead atoms. The summed E-state index contributed by atoms with van der Waals surface area (Å²) >= 11 is 3.48. The van der Waals surface area contributed by atoms with Crippen LogP contribution in [-0.4, -0.2) is 10.2 Å². The lowest BCUT2D eigenvalue weighted by Gasteiger charge is -2.18. The highest BCUT2D eigenvalue weighted by Gasteiger charge is 2.19. The van der Waals surface area contributed by atoms with Crippen molar-refractivity contribution in [3.63, 3.8) is 0 Å². The number of hydrogen-bond donors (Lipinski definition) is 0. The minimum absolute atomic E-state index is 0.0551. The largest absolute Gasteiger partial charge is 0.156 e. The molecule has 3 heteroatoms. The lowest BCUT2D eigenvalue weighted by Crippen LogP contribution is -2.15. The third-order valence-corrected chi connectivity index (χ3v) is 2.18. The summed E-state index contributed by atoms with van der Waals surface area (Å²) in [5.41, 5.74) is 2.00. The van der Waals surface area contributed by atoms with Gasteiger partial charge in [0, 0.05) is 9.89 Å². The number of aryl methyl sites for hydroxylation is 1. The lowest BCUT2D eigenvalue weighted by molar-refractivity contribution is 0.553. The van der Waals surface area contributed by atoms with Crippen molar-refractivity contribution < 1.29 is 0 Å². The van der Waals surface area contributed by atoms with E-state index in [4.69, 9.17) is 0 Å². The van der Waals surface area contributed by atoms with E-state index in [0.29, 0.717) is 0 Å². The zero-order chi connectivity index (χ0) is 9.35. The molecule has 0 N–H and O–H groups in total. The minimum atomic E-state index is 0.0551. The van der Waals surface area contributed by atoms with E-state index >= 15 is 0 Å². The predicted octanol–water partition coefficient (Wildman–Crippen LogP) is 2.85. The van der Waals surface area contributed by atoms with Gasteiger partial charge in [0.15, 0.2) is 0 Å². The fraction of sp³-hybridized carbons (Fsp3) is 0.556. The van der Waals surface area contributed by atoms with Gasteiger partial charge in [-0.3, -0.25) is 0 Å². The van der Waals surface area contributed by atoms with Crippen LogP contribution in [0.4, 0.5) is 0 Å². The first-order chi connectivity index (χ1) is 5.41. The minimum Gasteiger partial charge on any atom is -0.156 e. The van der Waals surface area contributed by atoms with Crippen molar-refractivity contribution in [3.8, 4) is 0 Å². The Kier molecular flexibility index (Phi) is 2.52. The van der Waals surface area contributed by atoms with Gasteiger partial charge in [0.1, 0.15) is 0 Å². The Balaban J connectivity index is 3.19. The molecule has 1 heterocycles. The quantitative estimate of drug-likeness (QED) is 0.683. The molecule has 1 aromatic heterocycles. The fourth-order valence-corrected chi connectivity index (χ4v) is 1.97. The average molecular weight is 229 g/mol. The molecule has 1 aromatic rings. The van der Waals surface area contributed by atoms with Crippen LogP contribution < -0.4 is 0 Å². The van der Waals surface area contributed by atoms with Crippen LogP contribution in [0.3, 0.4) is 0 Å². The molecule has 0 atom stereocenters. The maximum Gasteiger partial charge on any atom is 0.0826 e. The molecule has 2 nitrogen and oxygen atoms in total. The van der Waals surface area contributed by atoms with E-state index in [9.17, 15) is 0 Å². The number of nitrogens with zero attached hydrogens (tertiary/aromatic N) is 2. The molecule has 0 aliphatic carbocycles. The average Bonchev–Trinajstić information content (AvgIpc) is 1.83. The van der Waals surface area contributed by atoms with E-state index in [1.165, 1.54) is 0 Å². The monoisotopic (exact) mass is 228 g/mol. The first-order valence-electron chi connectivity index (χ1n) is 3.91. The Bertz CT molecular complexity index is 289. The summed E-state index contributed by atoms with van der Waals surface area (Å²) in [7, 11) is 0.